The molecule has 2 aliphatic rings. The van der Waals surface area contributed by atoms with Crippen molar-refractivity contribution >= 4 is 34.5 Å². The summed E-state index contributed by atoms with van der Waals surface area (Å²) in [5.74, 6) is -0.956. The fourth-order valence-corrected chi connectivity index (χ4v) is 7.15. The van der Waals surface area contributed by atoms with Gasteiger partial charge in [0, 0.05) is 42.0 Å². The van der Waals surface area contributed by atoms with Crippen molar-refractivity contribution in [2.45, 2.75) is 63.1 Å². The zero-order valence-corrected chi connectivity index (χ0v) is 26.7. The molecule has 1 aromatic carbocycles. The minimum Gasteiger partial charge on any atom is -0.350 e. The lowest BCUT2D eigenvalue weighted by Crippen LogP contribution is -2.54. The molecule has 1 saturated carbocycles. The molecule has 0 N–H and O–H groups in total. The lowest BCUT2D eigenvalue weighted by atomic mass is 10.0. The zero-order chi connectivity index (χ0) is 32.0. The number of benzene rings is 1. The molecule has 4 heterocycles. The molecule has 1 saturated heterocycles. The van der Waals surface area contributed by atoms with Gasteiger partial charge in [-0.05, 0) is 74.9 Å². The van der Waals surface area contributed by atoms with Gasteiger partial charge in [-0.15, -0.1) is 11.8 Å². The molecular weight excluding hydrogens is 594 g/mol. The van der Waals surface area contributed by atoms with Gasteiger partial charge in [0.05, 0.1) is 22.3 Å². The molecule has 0 bridgehead atoms. The first-order valence-electron chi connectivity index (χ1n) is 15.3. The van der Waals surface area contributed by atoms with Crippen molar-refractivity contribution in [2.75, 3.05) is 24.5 Å². The molecular formula is C34H36F2N6O2S. The number of hydrogen-bond donors (Lipinski definition) is 0. The molecule has 0 radical (unpaired) electrons. The van der Waals surface area contributed by atoms with Gasteiger partial charge in [0.25, 0.3) is 0 Å². The quantitative estimate of drug-likeness (QED) is 0.218. The third-order valence-electron chi connectivity index (χ3n) is 8.24. The smallest absolute Gasteiger partial charge is 0.350 e. The number of nitrogens with zero attached hydrogens (tertiary/aromatic N) is 6. The van der Waals surface area contributed by atoms with E-state index in [1.165, 1.54) is 34.5 Å². The van der Waals surface area contributed by atoms with Crippen LogP contribution in [0.25, 0.3) is 28.0 Å². The largest absolute Gasteiger partial charge is 0.355 e. The maximum absolute atomic E-state index is 16.3. The van der Waals surface area contributed by atoms with Gasteiger partial charge < -0.3 is 9.80 Å². The maximum atomic E-state index is 16.3. The molecule has 0 unspecified atom stereocenters. The highest BCUT2D eigenvalue weighted by molar-refractivity contribution is 8.00. The molecule has 6 rings (SSSR count). The minimum atomic E-state index is -0.711. The van der Waals surface area contributed by atoms with Crippen LogP contribution in [0, 0.1) is 24.5 Å². The third kappa shape index (κ3) is 5.97. The number of amides is 1. The molecule has 234 valence electrons. The summed E-state index contributed by atoms with van der Waals surface area (Å²) in [6, 6.07) is 7.61. The molecule has 4 aromatic rings. The number of piperazine rings is 1. The average molecular weight is 631 g/mol. The standard InChI is InChI=1S/C34H36F2N6O2S/c1-6-28(43)40-14-15-41(21(5)18-40)32-23-17-25(36)30(29-24(35)8-7-9-27(29)45-22-10-11-22)38-33(23)42(34(44)39-32)31-20(4)12-13-37-26(31)16-19(2)3/h6-9,12-13,17,19,21-22H,1,10-11,14-16,18H2,2-5H3/t21-/m0/s1. The van der Waals surface area contributed by atoms with Gasteiger partial charge in [-0.2, -0.15) is 4.98 Å². The molecule has 8 nitrogen and oxygen atoms in total. The Labute approximate surface area is 265 Å². The van der Waals surface area contributed by atoms with Gasteiger partial charge >= 0.3 is 5.69 Å². The van der Waals surface area contributed by atoms with E-state index in [2.05, 4.69) is 30.4 Å². The van der Waals surface area contributed by atoms with Crippen molar-refractivity contribution in [3.05, 3.63) is 82.6 Å². The van der Waals surface area contributed by atoms with E-state index in [1.54, 1.807) is 23.2 Å². The van der Waals surface area contributed by atoms with E-state index in [9.17, 15) is 9.59 Å². The maximum Gasteiger partial charge on any atom is 0.355 e. The fourth-order valence-electron chi connectivity index (χ4n) is 5.95. The van der Waals surface area contributed by atoms with Crippen molar-refractivity contribution in [3.8, 4) is 16.9 Å². The molecule has 1 atom stereocenters. The van der Waals surface area contributed by atoms with Crippen LogP contribution in [0.15, 0.2) is 58.9 Å². The molecule has 1 amide bonds. The van der Waals surface area contributed by atoms with E-state index >= 15 is 8.78 Å². The number of carbonyl (C=O) groups excluding carboxylic acids is 1. The van der Waals surface area contributed by atoms with Gasteiger partial charge in [-0.25, -0.2) is 23.1 Å². The summed E-state index contributed by atoms with van der Waals surface area (Å²) >= 11 is 1.52. The third-order valence-corrected chi connectivity index (χ3v) is 9.64. The van der Waals surface area contributed by atoms with E-state index in [0.717, 1.165) is 18.4 Å². The SMILES string of the molecule is C=CC(=O)N1CCN(c2nc(=O)n(-c3c(C)ccnc3CC(C)C)c3nc(-c4c(F)cccc4SC4CC4)c(F)cc23)[C@@H](C)C1. The summed E-state index contributed by atoms with van der Waals surface area (Å²) in [7, 11) is 0. The first kappa shape index (κ1) is 30.9. The predicted molar refractivity (Wildman–Crippen MR) is 174 cm³/mol. The van der Waals surface area contributed by atoms with Crippen LogP contribution in [-0.2, 0) is 11.2 Å². The predicted octanol–water partition coefficient (Wildman–Crippen LogP) is 6.11. The fraction of sp³-hybridized carbons (Fsp3) is 0.382. The van der Waals surface area contributed by atoms with Crippen LogP contribution in [0.3, 0.4) is 0 Å². The lowest BCUT2D eigenvalue weighted by molar-refractivity contribution is -0.126. The lowest BCUT2D eigenvalue weighted by Gasteiger charge is -2.40. The Balaban J connectivity index is 1.62. The highest BCUT2D eigenvalue weighted by atomic mass is 32.2. The molecule has 0 spiro atoms. The Kier molecular flexibility index (Phi) is 8.47. The summed E-state index contributed by atoms with van der Waals surface area (Å²) in [4.78, 5) is 44.6. The molecule has 1 aliphatic carbocycles. The van der Waals surface area contributed by atoms with E-state index < -0.39 is 17.3 Å². The number of carbonyl (C=O) groups is 1. The number of fused-ring (bicyclic) bond motifs is 1. The number of aryl methyl sites for hydroxylation is 1. The number of rotatable bonds is 8. The van der Waals surface area contributed by atoms with E-state index in [4.69, 9.17) is 4.98 Å². The van der Waals surface area contributed by atoms with Crippen LogP contribution in [0.4, 0.5) is 14.6 Å². The van der Waals surface area contributed by atoms with Crippen molar-refractivity contribution in [3.63, 3.8) is 0 Å². The zero-order valence-electron chi connectivity index (χ0n) is 25.9. The number of anilines is 1. The molecule has 11 heteroatoms. The highest BCUT2D eigenvalue weighted by Crippen LogP contribution is 2.44. The van der Waals surface area contributed by atoms with Gasteiger partial charge in [0.2, 0.25) is 5.91 Å². The summed E-state index contributed by atoms with van der Waals surface area (Å²) in [6.45, 7) is 12.7. The van der Waals surface area contributed by atoms with Crippen LogP contribution in [0.1, 0.15) is 44.9 Å². The van der Waals surface area contributed by atoms with Crippen molar-refractivity contribution < 1.29 is 13.6 Å². The Morgan fingerprint density at radius 2 is 1.93 bits per heavy atom. The van der Waals surface area contributed by atoms with Crippen LogP contribution < -0.4 is 10.6 Å². The summed E-state index contributed by atoms with van der Waals surface area (Å²) in [5.41, 5.74) is 1.52. The monoisotopic (exact) mass is 630 g/mol. The second-order valence-electron chi connectivity index (χ2n) is 12.2. The minimum absolute atomic E-state index is 0.0846. The van der Waals surface area contributed by atoms with Crippen LogP contribution in [0.5, 0.6) is 0 Å². The number of halogens is 2. The highest BCUT2D eigenvalue weighted by Gasteiger charge is 2.31. The second kappa shape index (κ2) is 12.3. The molecule has 2 fully saturated rings. The van der Waals surface area contributed by atoms with Gasteiger partial charge in [-0.3, -0.25) is 9.78 Å². The second-order valence-corrected chi connectivity index (χ2v) is 13.6. The summed E-state index contributed by atoms with van der Waals surface area (Å²) < 4.78 is 33.2. The van der Waals surface area contributed by atoms with E-state index in [0.29, 0.717) is 53.0 Å². The van der Waals surface area contributed by atoms with Crippen LogP contribution in [0.2, 0.25) is 0 Å². The summed E-state index contributed by atoms with van der Waals surface area (Å²) in [6.07, 6.45) is 5.61. The Morgan fingerprint density at radius 1 is 1.16 bits per heavy atom. The normalized spacial score (nSPS) is 16.9. The number of pyridine rings is 2. The Hall–Kier alpha value is -4.12. The molecule has 45 heavy (non-hydrogen) atoms. The van der Waals surface area contributed by atoms with Crippen LogP contribution in [-0.4, -0.2) is 61.3 Å². The van der Waals surface area contributed by atoms with Gasteiger partial charge in [-0.1, -0.05) is 26.5 Å². The Morgan fingerprint density at radius 3 is 2.62 bits per heavy atom. The first-order valence-corrected chi connectivity index (χ1v) is 16.2. The Bertz CT molecular complexity index is 1870. The number of hydrogen-bond acceptors (Lipinski definition) is 7. The van der Waals surface area contributed by atoms with E-state index in [1.807, 2.05) is 24.8 Å². The van der Waals surface area contributed by atoms with Crippen molar-refractivity contribution in [2.24, 2.45) is 5.92 Å². The average Bonchev–Trinajstić information content (AvgIpc) is 3.81. The number of aromatic nitrogens is 4. The molecule has 1 aliphatic heterocycles. The van der Waals surface area contributed by atoms with Crippen molar-refractivity contribution in [1.29, 1.82) is 0 Å². The van der Waals surface area contributed by atoms with Crippen LogP contribution >= 0.6 is 11.8 Å². The molecule has 3 aromatic heterocycles. The van der Waals surface area contributed by atoms with E-state index in [-0.39, 0.29) is 40.6 Å². The summed E-state index contributed by atoms with van der Waals surface area (Å²) in [5, 5.41) is 0.672. The topological polar surface area (TPSA) is 84.2 Å². The van der Waals surface area contributed by atoms with Crippen molar-refractivity contribution in [1.82, 2.24) is 24.4 Å². The van der Waals surface area contributed by atoms with Gasteiger partial charge in [0.15, 0.2) is 11.5 Å². The number of thioether (sulfide) groups is 1. The first-order chi connectivity index (χ1) is 21.6. The van der Waals surface area contributed by atoms with Gasteiger partial charge in [0.1, 0.15) is 17.3 Å².